The summed E-state index contributed by atoms with van der Waals surface area (Å²) in [4.78, 5) is 0. The van der Waals surface area contributed by atoms with E-state index in [2.05, 4.69) is 15.8 Å². The van der Waals surface area contributed by atoms with E-state index in [-0.39, 0.29) is 0 Å². The molecule has 5 heteroatoms. The molecule has 0 aliphatic heterocycles. The molecule has 0 heterocycles. The van der Waals surface area contributed by atoms with Crippen LogP contribution in [-0.4, -0.2) is 10.8 Å². The molecule has 4 nitrogen and oxygen atoms in total. The summed E-state index contributed by atoms with van der Waals surface area (Å²) in [6.45, 7) is 3.95. The fraction of sp³-hybridized carbons (Fsp3) is 0.125. The number of rotatable bonds is 3. The van der Waals surface area contributed by atoms with E-state index in [0.717, 1.165) is 22.6 Å². The van der Waals surface area contributed by atoms with Crippen LogP contribution >= 0.6 is 12.2 Å². The monoisotopic (exact) mass is 298 g/mol. The number of aryl methyl sites for hydroxylation is 1. The molecular weight excluding hydrogens is 280 g/mol. The lowest BCUT2D eigenvalue weighted by Crippen LogP contribution is -2.24. The molecule has 108 valence electrons. The van der Waals surface area contributed by atoms with Gasteiger partial charge in [0.1, 0.15) is 0 Å². The Hall–Kier alpha value is -2.40. The molecule has 0 aliphatic carbocycles. The first-order chi connectivity index (χ1) is 10.0. The first-order valence-corrected chi connectivity index (χ1v) is 6.99. The fourth-order valence-electron chi connectivity index (χ4n) is 1.72. The standard InChI is InChI=1S/C16H18N4S/c1-11-3-9-15(10-4-11)18-16(21)20-19-12(2)13-5-7-14(17)8-6-13/h3-10H,17H2,1-2H3,(H2,18,20,21). The highest BCUT2D eigenvalue weighted by Crippen LogP contribution is 2.09. The van der Waals surface area contributed by atoms with Crippen LogP contribution in [0, 0.1) is 6.92 Å². The second-order valence-electron chi connectivity index (χ2n) is 4.75. The van der Waals surface area contributed by atoms with Gasteiger partial charge in [0.25, 0.3) is 0 Å². The van der Waals surface area contributed by atoms with Gasteiger partial charge in [0.05, 0.1) is 5.71 Å². The van der Waals surface area contributed by atoms with Gasteiger partial charge in [-0.1, -0.05) is 29.8 Å². The SMILES string of the molecule is CC(=NNC(=S)Nc1ccc(C)cc1)c1ccc(N)cc1. The van der Waals surface area contributed by atoms with Crippen LogP contribution in [0.15, 0.2) is 53.6 Å². The predicted octanol–water partition coefficient (Wildman–Crippen LogP) is 3.29. The summed E-state index contributed by atoms with van der Waals surface area (Å²) < 4.78 is 0. The Balaban J connectivity index is 1.94. The van der Waals surface area contributed by atoms with Gasteiger partial charge in [0.2, 0.25) is 0 Å². The van der Waals surface area contributed by atoms with Crippen molar-refractivity contribution in [3.63, 3.8) is 0 Å². The minimum absolute atomic E-state index is 0.452. The molecule has 2 aromatic carbocycles. The average molecular weight is 298 g/mol. The maximum absolute atomic E-state index is 5.66. The maximum atomic E-state index is 5.66. The normalized spacial score (nSPS) is 11.0. The lowest BCUT2D eigenvalue weighted by atomic mass is 10.1. The van der Waals surface area contributed by atoms with Crippen molar-refractivity contribution in [3.05, 3.63) is 59.7 Å². The maximum Gasteiger partial charge on any atom is 0.191 e. The van der Waals surface area contributed by atoms with Crippen LogP contribution in [0.1, 0.15) is 18.1 Å². The van der Waals surface area contributed by atoms with E-state index in [4.69, 9.17) is 18.0 Å². The molecule has 0 unspecified atom stereocenters. The zero-order chi connectivity index (χ0) is 15.2. The molecule has 0 fully saturated rings. The Morgan fingerprint density at radius 3 is 2.29 bits per heavy atom. The summed E-state index contributed by atoms with van der Waals surface area (Å²) >= 11 is 5.21. The van der Waals surface area contributed by atoms with E-state index in [1.165, 1.54) is 5.56 Å². The number of nitrogen functional groups attached to an aromatic ring is 1. The lowest BCUT2D eigenvalue weighted by Gasteiger charge is -2.08. The van der Waals surface area contributed by atoms with Crippen molar-refractivity contribution in [2.45, 2.75) is 13.8 Å². The quantitative estimate of drug-likeness (QED) is 0.352. The molecule has 2 rings (SSSR count). The highest BCUT2D eigenvalue weighted by atomic mass is 32.1. The summed E-state index contributed by atoms with van der Waals surface area (Å²) in [6.07, 6.45) is 0. The van der Waals surface area contributed by atoms with Crippen LogP contribution in [0.4, 0.5) is 11.4 Å². The van der Waals surface area contributed by atoms with Crippen LogP contribution in [-0.2, 0) is 0 Å². The molecule has 0 aromatic heterocycles. The summed E-state index contributed by atoms with van der Waals surface area (Å²) in [7, 11) is 0. The zero-order valence-corrected chi connectivity index (χ0v) is 12.9. The molecule has 0 atom stereocenters. The minimum Gasteiger partial charge on any atom is -0.399 e. The Morgan fingerprint density at radius 1 is 1.05 bits per heavy atom. The third kappa shape index (κ3) is 4.57. The zero-order valence-electron chi connectivity index (χ0n) is 12.1. The second kappa shape index (κ2) is 6.85. The third-order valence-corrected chi connectivity index (χ3v) is 3.16. The smallest absolute Gasteiger partial charge is 0.191 e. The molecule has 21 heavy (non-hydrogen) atoms. The number of thiocarbonyl (C=S) groups is 1. The third-order valence-electron chi connectivity index (χ3n) is 2.96. The summed E-state index contributed by atoms with van der Waals surface area (Å²) in [6, 6.07) is 15.5. The largest absolute Gasteiger partial charge is 0.399 e. The number of hydrogen-bond acceptors (Lipinski definition) is 3. The number of nitrogens with one attached hydrogen (secondary N) is 2. The van der Waals surface area contributed by atoms with Gasteiger partial charge >= 0.3 is 0 Å². The highest BCUT2D eigenvalue weighted by Gasteiger charge is 1.99. The molecule has 0 amide bonds. The Bertz CT molecular complexity index is 645. The molecule has 0 saturated carbocycles. The van der Waals surface area contributed by atoms with Crippen molar-refractivity contribution >= 4 is 34.4 Å². The van der Waals surface area contributed by atoms with E-state index in [1.54, 1.807) is 0 Å². The second-order valence-corrected chi connectivity index (χ2v) is 5.16. The molecule has 4 N–H and O–H groups in total. The van der Waals surface area contributed by atoms with Gasteiger partial charge in [-0.3, -0.25) is 5.43 Å². The first kappa shape index (κ1) is 15.0. The van der Waals surface area contributed by atoms with Crippen LogP contribution in [0.2, 0.25) is 0 Å². The van der Waals surface area contributed by atoms with Gasteiger partial charge in [-0.05, 0) is 55.9 Å². The van der Waals surface area contributed by atoms with Crippen molar-refractivity contribution in [2.75, 3.05) is 11.1 Å². The van der Waals surface area contributed by atoms with Crippen LogP contribution in [0.25, 0.3) is 0 Å². The minimum atomic E-state index is 0.452. The number of anilines is 2. The lowest BCUT2D eigenvalue weighted by molar-refractivity contribution is 1.04. The van der Waals surface area contributed by atoms with Gasteiger partial charge in [0.15, 0.2) is 5.11 Å². The summed E-state index contributed by atoms with van der Waals surface area (Å²) in [5.41, 5.74) is 13.2. The molecule has 0 aliphatic rings. The summed E-state index contributed by atoms with van der Waals surface area (Å²) in [5.74, 6) is 0. The number of nitrogens with two attached hydrogens (primary N) is 1. The Labute approximate surface area is 130 Å². The molecule has 2 aromatic rings. The predicted molar refractivity (Wildman–Crippen MR) is 93.6 cm³/mol. The number of nitrogens with zero attached hydrogens (tertiary/aromatic N) is 1. The van der Waals surface area contributed by atoms with Crippen LogP contribution < -0.4 is 16.5 Å². The van der Waals surface area contributed by atoms with Crippen molar-refractivity contribution in [1.82, 2.24) is 5.43 Å². The molecule has 0 saturated heterocycles. The number of benzene rings is 2. The molecule has 0 radical (unpaired) electrons. The first-order valence-electron chi connectivity index (χ1n) is 6.58. The van der Waals surface area contributed by atoms with Crippen molar-refractivity contribution < 1.29 is 0 Å². The highest BCUT2D eigenvalue weighted by molar-refractivity contribution is 7.80. The van der Waals surface area contributed by atoms with E-state index in [1.807, 2.05) is 62.4 Å². The molecule has 0 spiro atoms. The number of hydrogen-bond donors (Lipinski definition) is 3. The van der Waals surface area contributed by atoms with Gasteiger partial charge in [-0.25, -0.2) is 0 Å². The van der Waals surface area contributed by atoms with Crippen molar-refractivity contribution in [1.29, 1.82) is 0 Å². The van der Waals surface area contributed by atoms with Gasteiger partial charge < -0.3 is 11.1 Å². The molecule has 0 bridgehead atoms. The van der Waals surface area contributed by atoms with E-state index in [9.17, 15) is 0 Å². The van der Waals surface area contributed by atoms with E-state index in [0.29, 0.717) is 5.11 Å². The van der Waals surface area contributed by atoms with Crippen LogP contribution in [0.5, 0.6) is 0 Å². The van der Waals surface area contributed by atoms with Crippen molar-refractivity contribution in [3.8, 4) is 0 Å². The van der Waals surface area contributed by atoms with Crippen LogP contribution in [0.3, 0.4) is 0 Å². The van der Waals surface area contributed by atoms with Gasteiger partial charge in [0, 0.05) is 11.4 Å². The fourth-order valence-corrected chi connectivity index (χ4v) is 1.88. The summed E-state index contributed by atoms with van der Waals surface area (Å²) in [5, 5.41) is 7.79. The molecular formula is C16H18N4S. The van der Waals surface area contributed by atoms with Crippen molar-refractivity contribution in [2.24, 2.45) is 5.10 Å². The van der Waals surface area contributed by atoms with E-state index < -0.39 is 0 Å². The number of hydrazone groups is 1. The van der Waals surface area contributed by atoms with Gasteiger partial charge in [-0.2, -0.15) is 5.10 Å². The van der Waals surface area contributed by atoms with Gasteiger partial charge in [-0.15, -0.1) is 0 Å². The topological polar surface area (TPSA) is 62.4 Å². The Kier molecular flexibility index (Phi) is 4.90. The average Bonchev–Trinajstić information content (AvgIpc) is 2.48. The van der Waals surface area contributed by atoms with E-state index >= 15 is 0 Å². The Morgan fingerprint density at radius 2 is 1.67 bits per heavy atom.